The zero-order chi connectivity index (χ0) is 26.3. The molecule has 1 unspecified atom stereocenters. The van der Waals surface area contributed by atoms with Crippen LogP contribution in [0, 0.1) is 6.92 Å². The summed E-state index contributed by atoms with van der Waals surface area (Å²) >= 11 is 0. The lowest BCUT2D eigenvalue weighted by molar-refractivity contribution is -0.156. The lowest BCUT2D eigenvalue weighted by atomic mass is 10.0. The molecule has 1 aromatic heterocycles. The van der Waals surface area contributed by atoms with Gasteiger partial charge in [0.2, 0.25) is 0 Å². The molecule has 1 atom stereocenters. The molecule has 4 aromatic rings. The second-order valence-corrected chi connectivity index (χ2v) is 8.55. The third-order valence-electron chi connectivity index (χ3n) is 5.67. The molecule has 37 heavy (non-hydrogen) atoms. The Morgan fingerprint density at radius 1 is 0.811 bits per heavy atom. The minimum absolute atomic E-state index is 0.314. The van der Waals surface area contributed by atoms with Crippen molar-refractivity contribution in [2.75, 3.05) is 19.8 Å². The number of ether oxygens (including phenoxy) is 3. The van der Waals surface area contributed by atoms with Crippen LogP contribution in [-0.2, 0) is 27.2 Å². The fourth-order valence-corrected chi connectivity index (χ4v) is 3.83. The van der Waals surface area contributed by atoms with Gasteiger partial charge in [-0.1, -0.05) is 72.3 Å². The number of aromatic nitrogens is 1. The summed E-state index contributed by atoms with van der Waals surface area (Å²) in [5, 5.41) is 0. The van der Waals surface area contributed by atoms with Crippen molar-refractivity contribution in [3.05, 3.63) is 115 Å². The van der Waals surface area contributed by atoms with Gasteiger partial charge in [-0.05, 0) is 61.7 Å². The first-order valence-electron chi connectivity index (χ1n) is 12.8. The van der Waals surface area contributed by atoms with Crippen molar-refractivity contribution in [3.8, 4) is 16.9 Å². The zero-order valence-corrected chi connectivity index (χ0v) is 22.0. The van der Waals surface area contributed by atoms with E-state index in [1.165, 1.54) is 16.7 Å². The molecule has 194 valence electrons. The summed E-state index contributed by atoms with van der Waals surface area (Å²) < 4.78 is 18.3. The summed E-state index contributed by atoms with van der Waals surface area (Å²) in [7, 11) is 0. The van der Waals surface area contributed by atoms with Crippen molar-refractivity contribution in [2.24, 2.45) is 0 Å². The van der Waals surface area contributed by atoms with Crippen LogP contribution in [0.25, 0.3) is 11.1 Å². The molecular formula is C32H37NO4. The molecule has 0 saturated heterocycles. The van der Waals surface area contributed by atoms with Crippen LogP contribution in [0.4, 0.5) is 0 Å². The van der Waals surface area contributed by atoms with Crippen molar-refractivity contribution < 1.29 is 19.0 Å². The molecule has 0 bridgehead atoms. The Morgan fingerprint density at radius 2 is 1.51 bits per heavy atom. The van der Waals surface area contributed by atoms with E-state index in [0.717, 1.165) is 17.9 Å². The molecule has 4 rings (SSSR count). The minimum Gasteiger partial charge on any atom is -0.492 e. The van der Waals surface area contributed by atoms with Gasteiger partial charge < -0.3 is 18.8 Å². The molecule has 5 heteroatoms. The van der Waals surface area contributed by atoms with Gasteiger partial charge in [0.15, 0.2) is 6.10 Å². The van der Waals surface area contributed by atoms with Crippen molar-refractivity contribution >= 4 is 5.97 Å². The summed E-state index contributed by atoms with van der Waals surface area (Å²) in [6, 6.07) is 30.7. The lowest BCUT2D eigenvalue weighted by Crippen LogP contribution is -2.28. The predicted octanol–water partition coefficient (Wildman–Crippen LogP) is 6.74. The smallest absolute Gasteiger partial charge is 0.335 e. The van der Waals surface area contributed by atoms with E-state index in [1.54, 1.807) is 6.92 Å². The number of carbonyl (C=O) groups is 1. The average molecular weight is 500 g/mol. The first-order valence-corrected chi connectivity index (χ1v) is 12.8. The number of hydrogen-bond donors (Lipinski definition) is 0. The van der Waals surface area contributed by atoms with E-state index in [9.17, 15) is 4.79 Å². The Morgan fingerprint density at radius 3 is 2.16 bits per heavy atom. The van der Waals surface area contributed by atoms with Gasteiger partial charge in [0.05, 0.1) is 13.2 Å². The largest absolute Gasteiger partial charge is 0.492 e. The molecule has 0 radical (unpaired) electrons. The van der Waals surface area contributed by atoms with E-state index >= 15 is 0 Å². The lowest BCUT2D eigenvalue weighted by Gasteiger charge is -2.15. The first-order chi connectivity index (χ1) is 18.1. The highest BCUT2D eigenvalue weighted by atomic mass is 16.6. The van der Waals surface area contributed by atoms with Crippen molar-refractivity contribution in [1.82, 2.24) is 4.57 Å². The molecule has 0 aliphatic carbocycles. The molecule has 3 aromatic carbocycles. The Bertz CT molecular complexity index is 1170. The van der Waals surface area contributed by atoms with Gasteiger partial charge in [0, 0.05) is 25.4 Å². The van der Waals surface area contributed by atoms with Crippen LogP contribution in [0.5, 0.6) is 5.75 Å². The standard InChI is InChI=1S/C19H25NO4.C13H12/c1-3-22-18(19(21)23-4-2)15-16-7-9-17(10-8-16)24-14-13-20-11-5-6-12-20;1-11-6-5-9-13(10-11)12-7-3-2-4-8-12/h5-12,18H,3-4,13-15H2,1-2H3;2-10H,1H3. The normalized spacial score (nSPS) is 11.2. The molecule has 0 aliphatic heterocycles. The van der Waals surface area contributed by atoms with Crippen LogP contribution in [0.2, 0.25) is 0 Å². The van der Waals surface area contributed by atoms with Gasteiger partial charge in [-0.25, -0.2) is 4.79 Å². The molecular weight excluding hydrogens is 462 g/mol. The fraction of sp³-hybridized carbons (Fsp3) is 0.281. The zero-order valence-electron chi connectivity index (χ0n) is 22.0. The Labute approximate surface area is 220 Å². The van der Waals surface area contributed by atoms with Gasteiger partial charge in [-0.15, -0.1) is 0 Å². The van der Waals surface area contributed by atoms with Gasteiger partial charge in [-0.2, -0.15) is 0 Å². The average Bonchev–Trinajstić information content (AvgIpc) is 3.44. The van der Waals surface area contributed by atoms with E-state index in [4.69, 9.17) is 14.2 Å². The number of esters is 1. The van der Waals surface area contributed by atoms with Crippen LogP contribution in [0.1, 0.15) is 25.0 Å². The van der Waals surface area contributed by atoms with E-state index in [1.807, 2.05) is 61.8 Å². The van der Waals surface area contributed by atoms with E-state index in [-0.39, 0.29) is 5.97 Å². The topological polar surface area (TPSA) is 49.7 Å². The summed E-state index contributed by atoms with van der Waals surface area (Å²) in [5.41, 5.74) is 4.90. The summed E-state index contributed by atoms with van der Waals surface area (Å²) in [6.45, 7) is 8.03. The molecule has 0 saturated carbocycles. The second-order valence-electron chi connectivity index (χ2n) is 8.55. The number of aryl methyl sites for hydroxylation is 1. The SMILES string of the molecule is CCOC(=O)C(Cc1ccc(OCCn2cccc2)cc1)OCC.Cc1cccc(-c2ccccc2)c1. The predicted molar refractivity (Wildman–Crippen MR) is 149 cm³/mol. The van der Waals surface area contributed by atoms with Crippen LogP contribution < -0.4 is 4.74 Å². The van der Waals surface area contributed by atoms with Gasteiger partial charge >= 0.3 is 5.97 Å². The molecule has 0 aliphatic rings. The van der Waals surface area contributed by atoms with Gasteiger partial charge in [-0.3, -0.25) is 0 Å². The highest BCUT2D eigenvalue weighted by Crippen LogP contribution is 2.19. The van der Waals surface area contributed by atoms with Crippen molar-refractivity contribution in [1.29, 1.82) is 0 Å². The Balaban J connectivity index is 0.000000244. The van der Waals surface area contributed by atoms with Crippen LogP contribution >= 0.6 is 0 Å². The quantitative estimate of drug-likeness (QED) is 0.215. The summed E-state index contributed by atoms with van der Waals surface area (Å²) in [6.07, 6.45) is 3.96. The maximum absolute atomic E-state index is 11.9. The second kappa shape index (κ2) is 15.3. The van der Waals surface area contributed by atoms with Crippen LogP contribution in [-0.4, -0.2) is 36.5 Å². The Hall–Kier alpha value is -3.83. The maximum atomic E-state index is 11.9. The van der Waals surface area contributed by atoms with E-state index in [2.05, 4.69) is 60.0 Å². The van der Waals surface area contributed by atoms with Crippen molar-refractivity contribution in [3.63, 3.8) is 0 Å². The monoisotopic (exact) mass is 499 g/mol. The van der Waals surface area contributed by atoms with Crippen molar-refractivity contribution in [2.45, 2.75) is 39.8 Å². The third kappa shape index (κ3) is 9.62. The third-order valence-corrected chi connectivity index (χ3v) is 5.67. The number of rotatable bonds is 11. The number of benzene rings is 3. The molecule has 0 fully saturated rings. The van der Waals surface area contributed by atoms with E-state index in [0.29, 0.717) is 26.2 Å². The molecule has 0 spiro atoms. The number of hydrogen-bond acceptors (Lipinski definition) is 4. The fourth-order valence-electron chi connectivity index (χ4n) is 3.83. The molecule has 0 amide bonds. The Kier molecular flexibility index (Phi) is 11.5. The minimum atomic E-state index is -0.560. The van der Waals surface area contributed by atoms with Crippen LogP contribution in [0.3, 0.4) is 0 Å². The maximum Gasteiger partial charge on any atom is 0.335 e. The van der Waals surface area contributed by atoms with Crippen LogP contribution in [0.15, 0.2) is 103 Å². The van der Waals surface area contributed by atoms with Gasteiger partial charge in [0.25, 0.3) is 0 Å². The molecule has 5 nitrogen and oxygen atoms in total. The highest BCUT2D eigenvalue weighted by molar-refractivity contribution is 5.75. The summed E-state index contributed by atoms with van der Waals surface area (Å²) in [5.74, 6) is 0.501. The summed E-state index contributed by atoms with van der Waals surface area (Å²) in [4.78, 5) is 11.9. The number of carbonyl (C=O) groups excluding carboxylic acids is 1. The van der Waals surface area contributed by atoms with Gasteiger partial charge in [0.1, 0.15) is 12.4 Å². The highest BCUT2D eigenvalue weighted by Gasteiger charge is 2.20. The molecule has 1 heterocycles. The number of nitrogens with zero attached hydrogens (tertiary/aromatic N) is 1. The molecule has 0 N–H and O–H groups in total. The first kappa shape index (κ1) is 27.8. The van der Waals surface area contributed by atoms with E-state index < -0.39 is 6.10 Å².